The maximum Gasteiger partial charge on any atom is 0.416 e. The Morgan fingerprint density at radius 1 is 1.07 bits per heavy atom. The Morgan fingerprint density at radius 3 is 2.22 bits per heavy atom. The van der Waals surface area contributed by atoms with E-state index in [1.165, 1.54) is 25.3 Å². The molecule has 0 amide bonds. The van der Waals surface area contributed by atoms with E-state index in [1.807, 2.05) is 0 Å². The van der Waals surface area contributed by atoms with Gasteiger partial charge in [0.2, 0.25) is 0 Å². The molecule has 2 unspecified atom stereocenters. The fourth-order valence-corrected chi connectivity index (χ4v) is 2.12. The van der Waals surface area contributed by atoms with Crippen molar-refractivity contribution in [3.63, 3.8) is 0 Å². The highest BCUT2D eigenvalue weighted by Gasteiger charge is 2.30. The molecule has 0 heterocycles. The number of carbonyl (C=O) groups is 1. The Kier molecular flexibility index (Phi) is 9.53. The van der Waals surface area contributed by atoms with Crippen molar-refractivity contribution in [2.75, 3.05) is 7.11 Å². The van der Waals surface area contributed by atoms with Crippen LogP contribution in [0.4, 0.5) is 13.2 Å². The third-order valence-electron chi connectivity index (χ3n) is 3.65. The highest BCUT2D eigenvalue weighted by Crippen LogP contribution is 2.30. The third-order valence-corrected chi connectivity index (χ3v) is 3.65. The van der Waals surface area contributed by atoms with Crippen LogP contribution in [0.5, 0.6) is 0 Å². The normalized spacial score (nSPS) is 14.9. The Balaban J connectivity index is 2.41. The van der Waals surface area contributed by atoms with Gasteiger partial charge in [-0.3, -0.25) is 4.79 Å². The summed E-state index contributed by atoms with van der Waals surface area (Å²) in [6.45, 7) is 0. The number of carbonyl (C=O) groups excluding carboxylic acids is 1. The van der Waals surface area contributed by atoms with Crippen LogP contribution in [0.1, 0.15) is 36.5 Å². The van der Waals surface area contributed by atoms with Crippen molar-refractivity contribution in [3.8, 4) is 0 Å². The van der Waals surface area contributed by atoms with Gasteiger partial charge in [0, 0.05) is 6.42 Å². The topological polar surface area (TPSA) is 66.8 Å². The van der Waals surface area contributed by atoms with E-state index in [4.69, 9.17) is 0 Å². The van der Waals surface area contributed by atoms with E-state index < -0.39 is 23.9 Å². The quantitative estimate of drug-likeness (QED) is 0.497. The first-order valence-electron chi connectivity index (χ1n) is 8.36. The maximum absolute atomic E-state index is 12.5. The van der Waals surface area contributed by atoms with Crippen molar-refractivity contribution in [2.45, 2.75) is 37.6 Å². The average molecular weight is 384 g/mol. The standard InChI is InChI=1S/C20H23F3O4/c1-27-19(26)10-6-8-17(24)7-4-2-3-5-9-18(25)15-11-13-16(14-12-15)20(21,22)23/h2-5,7,9,11-14,17-18,24-25H,6,8,10H2,1H3. The number of benzene rings is 1. The molecule has 27 heavy (non-hydrogen) atoms. The number of allylic oxidation sites excluding steroid dienone is 4. The number of methoxy groups -OCH3 is 1. The molecule has 1 aromatic rings. The molecule has 0 saturated carbocycles. The number of hydrogen-bond donors (Lipinski definition) is 2. The molecule has 1 rings (SSSR count). The molecule has 0 spiro atoms. The van der Waals surface area contributed by atoms with E-state index in [0.29, 0.717) is 18.4 Å². The Bertz CT molecular complexity index is 661. The van der Waals surface area contributed by atoms with Crippen molar-refractivity contribution in [1.82, 2.24) is 0 Å². The molecule has 0 aliphatic rings. The Labute approximate surface area is 156 Å². The summed E-state index contributed by atoms with van der Waals surface area (Å²) in [4.78, 5) is 10.9. The number of hydrogen-bond acceptors (Lipinski definition) is 4. The number of ether oxygens (including phenoxy) is 1. The largest absolute Gasteiger partial charge is 0.469 e. The van der Waals surface area contributed by atoms with E-state index in [-0.39, 0.29) is 12.4 Å². The van der Waals surface area contributed by atoms with Gasteiger partial charge in [0.25, 0.3) is 0 Å². The maximum atomic E-state index is 12.5. The van der Waals surface area contributed by atoms with E-state index in [9.17, 15) is 28.2 Å². The van der Waals surface area contributed by atoms with E-state index in [0.717, 1.165) is 12.1 Å². The smallest absolute Gasteiger partial charge is 0.416 e. The number of aliphatic hydroxyl groups excluding tert-OH is 2. The first-order valence-corrected chi connectivity index (χ1v) is 8.36. The minimum Gasteiger partial charge on any atom is -0.469 e. The number of aliphatic hydroxyl groups is 2. The lowest BCUT2D eigenvalue weighted by molar-refractivity contribution is -0.141. The van der Waals surface area contributed by atoms with Crippen molar-refractivity contribution >= 4 is 5.97 Å². The van der Waals surface area contributed by atoms with Gasteiger partial charge in [0.15, 0.2) is 0 Å². The summed E-state index contributed by atoms with van der Waals surface area (Å²) in [6.07, 6.45) is 4.51. The SMILES string of the molecule is COC(=O)CCCC(O)C=CC=CC=CC(O)c1ccc(C(F)(F)F)cc1. The van der Waals surface area contributed by atoms with Gasteiger partial charge in [-0.1, -0.05) is 48.6 Å². The molecule has 0 bridgehead atoms. The van der Waals surface area contributed by atoms with Crippen molar-refractivity contribution in [1.29, 1.82) is 0 Å². The average Bonchev–Trinajstić information content (AvgIpc) is 2.63. The minimum absolute atomic E-state index is 0.252. The van der Waals surface area contributed by atoms with E-state index >= 15 is 0 Å². The predicted molar refractivity (Wildman–Crippen MR) is 95.7 cm³/mol. The molecule has 7 heteroatoms. The van der Waals surface area contributed by atoms with Crippen molar-refractivity contribution in [2.24, 2.45) is 0 Å². The molecular weight excluding hydrogens is 361 g/mol. The minimum atomic E-state index is -4.40. The summed E-state index contributed by atoms with van der Waals surface area (Å²) >= 11 is 0. The number of esters is 1. The molecule has 2 N–H and O–H groups in total. The van der Waals surface area contributed by atoms with Crippen molar-refractivity contribution < 1.29 is 32.9 Å². The van der Waals surface area contributed by atoms with Crippen LogP contribution in [0, 0.1) is 0 Å². The van der Waals surface area contributed by atoms with E-state index in [2.05, 4.69) is 4.74 Å². The molecule has 2 atom stereocenters. The molecule has 1 aromatic carbocycles. The molecule has 0 aromatic heterocycles. The van der Waals surface area contributed by atoms with Crippen LogP contribution in [-0.4, -0.2) is 29.4 Å². The van der Waals surface area contributed by atoms with Gasteiger partial charge >= 0.3 is 12.1 Å². The summed E-state index contributed by atoms with van der Waals surface area (Å²) in [5.74, 6) is -0.317. The Hall–Kier alpha value is -2.38. The molecule has 0 radical (unpaired) electrons. The summed E-state index contributed by atoms with van der Waals surface area (Å²) in [5, 5.41) is 19.6. The van der Waals surface area contributed by atoms with Crippen LogP contribution in [-0.2, 0) is 15.7 Å². The number of halogens is 3. The first-order chi connectivity index (χ1) is 12.7. The van der Waals surface area contributed by atoms with Gasteiger partial charge in [-0.2, -0.15) is 13.2 Å². The molecule has 0 fully saturated rings. The highest BCUT2D eigenvalue weighted by molar-refractivity contribution is 5.68. The van der Waals surface area contributed by atoms with Gasteiger partial charge in [0.05, 0.1) is 24.9 Å². The zero-order valence-corrected chi connectivity index (χ0v) is 14.9. The predicted octanol–water partition coefficient (Wildman–Crippen LogP) is 4.11. The zero-order valence-electron chi connectivity index (χ0n) is 14.9. The Morgan fingerprint density at radius 2 is 1.67 bits per heavy atom. The second kappa shape index (κ2) is 11.4. The fraction of sp³-hybridized carbons (Fsp3) is 0.350. The van der Waals surface area contributed by atoms with Crippen LogP contribution >= 0.6 is 0 Å². The van der Waals surface area contributed by atoms with Crippen LogP contribution in [0.3, 0.4) is 0 Å². The lowest BCUT2D eigenvalue weighted by Gasteiger charge is -2.09. The number of rotatable bonds is 9. The van der Waals surface area contributed by atoms with Gasteiger partial charge in [-0.25, -0.2) is 0 Å². The highest BCUT2D eigenvalue weighted by atomic mass is 19.4. The van der Waals surface area contributed by atoms with Gasteiger partial charge in [-0.05, 0) is 30.5 Å². The first kappa shape index (κ1) is 22.7. The van der Waals surface area contributed by atoms with Crippen LogP contribution in [0.15, 0.2) is 60.7 Å². The third kappa shape index (κ3) is 9.21. The lowest BCUT2D eigenvalue weighted by Crippen LogP contribution is -2.05. The zero-order chi connectivity index (χ0) is 20.3. The summed E-state index contributed by atoms with van der Waals surface area (Å²) in [5.41, 5.74) is -0.415. The van der Waals surface area contributed by atoms with Gasteiger partial charge < -0.3 is 14.9 Å². The second-order valence-corrected chi connectivity index (χ2v) is 5.76. The van der Waals surface area contributed by atoms with Crippen LogP contribution < -0.4 is 0 Å². The van der Waals surface area contributed by atoms with Crippen LogP contribution in [0.25, 0.3) is 0 Å². The van der Waals surface area contributed by atoms with Gasteiger partial charge in [-0.15, -0.1) is 0 Å². The molecule has 4 nitrogen and oxygen atoms in total. The fourth-order valence-electron chi connectivity index (χ4n) is 2.12. The summed E-state index contributed by atoms with van der Waals surface area (Å²) in [6, 6.07) is 4.30. The monoisotopic (exact) mass is 384 g/mol. The molecule has 0 aliphatic heterocycles. The van der Waals surface area contributed by atoms with Gasteiger partial charge in [0.1, 0.15) is 0 Å². The molecule has 0 aliphatic carbocycles. The summed E-state index contributed by atoms with van der Waals surface area (Å²) in [7, 11) is 1.31. The molecular formula is C20H23F3O4. The molecule has 0 saturated heterocycles. The van der Waals surface area contributed by atoms with E-state index in [1.54, 1.807) is 30.4 Å². The summed E-state index contributed by atoms with van der Waals surface area (Å²) < 4.78 is 42.0. The lowest BCUT2D eigenvalue weighted by atomic mass is 10.1. The second-order valence-electron chi connectivity index (χ2n) is 5.76. The van der Waals surface area contributed by atoms with Crippen LogP contribution in [0.2, 0.25) is 0 Å². The van der Waals surface area contributed by atoms with Crippen molar-refractivity contribution in [3.05, 3.63) is 71.8 Å². The molecule has 148 valence electrons. The number of alkyl halides is 3.